The average molecular weight is 405 g/mol. The molecule has 0 aromatic heterocycles. The number of ether oxygens (including phenoxy) is 1. The zero-order valence-corrected chi connectivity index (χ0v) is 16.7. The van der Waals surface area contributed by atoms with Gasteiger partial charge in [-0.3, -0.25) is 0 Å². The third-order valence-corrected chi connectivity index (χ3v) is 10.7. The van der Waals surface area contributed by atoms with E-state index in [1.165, 1.54) is 7.11 Å². The van der Waals surface area contributed by atoms with Gasteiger partial charge in [0.15, 0.2) is 0 Å². The molecule has 1 aliphatic heterocycles. The average Bonchev–Trinajstić information content (AvgIpc) is 2.78. The van der Waals surface area contributed by atoms with Crippen LogP contribution in [-0.4, -0.2) is 24.8 Å². The van der Waals surface area contributed by atoms with E-state index in [0.29, 0.717) is 10.6 Å². The molecule has 1 aliphatic rings. The molecule has 0 spiro atoms. The van der Waals surface area contributed by atoms with Crippen molar-refractivity contribution in [1.29, 1.82) is 0 Å². The van der Waals surface area contributed by atoms with Crippen LogP contribution in [0.5, 0.6) is 0 Å². The summed E-state index contributed by atoms with van der Waals surface area (Å²) in [5.41, 5.74) is 0.0377. The molecular formula is C23H20NO4P. The number of isocyanates is 1. The first-order valence-corrected chi connectivity index (χ1v) is 11.4. The Morgan fingerprint density at radius 2 is 1.38 bits per heavy atom. The second-order valence-electron chi connectivity index (χ2n) is 6.82. The summed E-state index contributed by atoms with van der Waals surface area (Å²) in [6.45, 7) is -4.09. The number of nitrogens with zero attached hydrogens (tertiary/aromatic N) is 1. The summed E-state index contributed by atoms with van der Waals surface area (Å²) < 4.78 is 16.2. The molecule has 0 bridgehead atoms. The summed E-state index contributed by atoms with van der Waals surface area (Å²) in [6.07, 6.45) is 1.15. The van der Waals surface area contributed by atoms with Crippen LogP contribution in [-0.2, 0) is 18.8 Å². The molecule has 0 saturated carbocycles. The fourth-order valence-electron chi connectivity index (χ4n) is 4.18. The van der Waals surface area contributed by atoms with E-state index in [0.717, 1.165) is 5.56 Å². The molecule has 1 saturated heterocycles. The summed E-state index contributed by atoms with van der Waals surface area (Å²) in [6, 6.07) is 28.0. The molecule has 4 rings (SSSR count). The predicted octanol–water partition coefficient (Wildman–Crippen LogP) is 3.67. The quantitative estimate of drug-likeness (QED) is 0.281. The van der Waals surface area contributed by atoms with Gasteiger partial charge in [0.25, 0.3) is 0 Å². The van der Waals surface area contributed by atoms with Crippen LogP contribution in [0.2, 0.25) is 0 Å². The van der Waals surface area contributed by atoms with Crippen molar-refractivity contribution in [3.63, 3.8) is 0 Å². The monoisotopic (exact) mass is 405 g/mol. The van der Waals surface area contributed by atoms with Crippen LogP contribution in [0.15, 0.2) is 95.8 Å². The molecule has 3 aromatic rings. The molecule has 0 N–H and O–H groups in total. The van der Waals surface area contributed by atoms with Gasteiger partial charge in [0, 0.05) is 0 Å². The van der Waals surface area contributed by atoms with E-state index in [4.69, 9.17) is 9.26 Å². The van der Waals surface area contributed by atoms with Crippen LogP contribution < -0.4 is 10.6 Å². The van der Waals surface area contributed by atoms with Crippen LogP contribution in [0.25, 0.3) is 0 Å². The van der Waals surface area contributed by atoms with E-state index in [1.54, 1.807) is 6.08 Å². The van der Waals surface area contributed by atoms with E-state index in [9.17, 15) is 9.59 Å². The van der Waals surface area contributed by atoms with Gasteiger partial charge in [-0.25, -0.2) is 0 Å². The number of rotatable bonds is 5. The van der Waals surface area contributed by atoms with Gasteiger partial charge in [-0.05, 0) is 0 Å². The Hall–Kier alpha value is -3.10. The van der Waals surface area contributed by atoms with Crippen LogP contribution in [0.1, 0.15) is 11.7 Å². The van der Waals surface area contributed by atoms with Crippen molar-refractivity contribution in [3.8, 4) is 0 Å². The number of hydrogen-bond donors (Lipinski definition) is 0. The normalized spacial score (nSPS) is 22.7. The number of hydrogen-bond acceptors (Lipinski definition) is 5. The van der Waals surface area contributed by atoms with Gasteiger partial charge in [0.2, 0.25) is 0 Å². The Balaban J connectivity index is 2.06. The Morgan fingerprint density at radius 1 is 0.897 bits per heavy atom. The summed E-state index contributed by atoms with van der Waals surface area (Å²) in [4.78, 5) is 24.9. The first-order valence-electron chi connectivity index (χ1n) is 9.21. The Bertz CT molecular complexity index is 1030. The second kappa shape index (κ2) is 7.38. The zero-order chi connectivity index (χ0) is 20.3. The molecule has 1 fully saturated rings. The molecule has 146 valence electrons. The maximum atomic E-state index is 13.2. The van der Waals surface area contributed by atoms with Crippen LogP contribution in [0, 0.1) is 0 Å². The van der Waals surface area contributed by atoms with Gasteiger partial charge in [0.1, 0.15) is 0 Å². The van der Waals surface area contributed by atoms with Crippen LogP contribution >= 0.6 is 6.98 Å². The maximum absolute atomic E-state index is 13.2. The van der Waals surface area contributed by atoms with Crippen molar-refractivity contribution in [2.75, 3.05) is 7.11 Å². The molecule has 6 heteroatoms. The molecular weight excluding hydrogens is 385 g/mol. The molecule has 3 aromatic carbocycles. The molecule has 29 heavy (non-hydrogen) atoms. The summed E-state index contributed by atoms with van der Waals surface area (Å²) in [5.74, 6) is -0.463. The van der Waals surface area contributed by atoms with Crippen molar-refractivity contribution in [3.05, 3.63) is 96.6 Å². The minimum atomic E-state index is -4.09. The molecule has 1 heterocycles. The Kier molecular flexibility index (Phi) is 4.89. The molecule has 0 amide bonds. The standard InChI is InChI=1S/C23H20NO4P/c1-27-23(26)22-21(18-11-5-2-6-12-18)28-29(22,24-17-25,19-13-7-3-8-14-19)20-15-9-4-10-16-20/h2-16,21-22H,1H3. The molecule has 2 unspecified atom stereocenters. The van der Waals surface area contributed by atoms with E-state index >= 15 is 0 Å². The summed E-state index contributed by atoms with van der Waals surface area (Å²) in [7, 11) is 1.34. The molecule has 5 nitrogen and oxygen atoms in total. The molecule has 2 atom stereocenters. The van der Waals surface area contributed by atoms with Gasteiger partial charge in [0.05, 0.1) is 0 Å². The van der Waals surface area contributed by atoms with Crippen molar-refractivity contribution in [1.82, 2.24) is 0 Å². The third-order valence-electron chi connectivity index (χ3n) is 5.45. The first kappa shape index (κ1) is 19.2. The van der Waals surface area contributed by atoms with Crippen LogP contribution in [0.3, 0.4) is 0 Å². The summed E-state index contributed by atoms with van der Waals surface area (Å²) >= 11 is 0. The fraction of sp³-hybridized carbons (Fsp3) is 0.130. The number of benzene rings is 3. The Morgan fingerprint density at radius 3 is 1.83 bits per heavy atom. The minimum absolute atomic E-state index is 0.463. The van der Waals surface area contributed by atoms with Crippen LogP contribution in [0.4, 0.5) is 0 Å². The number of esters is 1. The topological polar surface area (TPSA) is 65.0 Å². The van der Waals surface area contributed by atoms with Gasteiger partial charge < -0.3 is 0 Å². The van der Waals surface area contributed by atoms with E-state index < -0.39 is 24.7 Å². The predicted molar refractivity (Wildman–Crippen MR) is 113 cm³/mol. The van der Waals surface area contributed by atoms with Gasteiger partial charge in [-0.15, -0.1) is 0 Å². The van der Waals surface area contributed by atoms with Gasteiger partial charge >= 0.3 is 169 Å². The summed E-state index contributed by atoms with van der Waals surface area (Å²) in [5, 5.41) is 1.38. The second-order valence-corrected chi connectivity index (χ2v) is 10.9. The molecule has 0 aliphatic carbocycles. The fourth-order valence-corrected chi connectivity index (χ4v) is 9.30. The zero-order valence-electron chi connectivity index (χ0n) is 15.8. The SMILES string of the molecule is COC(=O)C1C(c2ccccc2)OP1(N=C=O)(c1ccccc1)c1ccccc1. The number of methoxy groups -OCH3 is 1. The Labute approximate surface area is 169 Å². The first-order chi connectivity index (χ1) is 14.2. The van der Waals surface area contributed by atoms with E-state index in [1.807, 2.05) is 91.0 Å². The van der Waals surface area contributed by atoms with E-state index in [-0.39, 0.29) is 0 Å². The van der Waals surface area contributed by atoms with Crippen molar-refractivity contribution in [2.24, 2.45) is 4.76 Å². The van der Waals surface area contributed by atoms with Crippen molar-refractivity contribution < 1.29 is 18.8 Å². The van der Waals surface area contributed by atoms with Gasteiger partial charge in [-0.2, -0.15) is 0 Å². The number of carbonyl (C=O) groups is 1. The van der Waals surface area contributed by atoms with Crippen molar-refractivity contribution in [2.45, 2.75) is 11.8 Å². The van der Waals surface area contributed by atoms with Crippen molar-refractivity contribution >= 4 is 29.6 Å². The third kappa shape index (κ3) is 2.67. The molecule has 0 radical (unpaired) electrons. The van der Waals surface area contributed by atoms with E-state index in [2.05, 4.69) is 4.76 Å². The van der Waals surface area contributed by atoms with Gasteiger partial charge in [-0.1, -0.05) is 0 Å². The number of carbonyl (C=O) groups excluding carboxylic acids is 2.